The van der Waals surface area contributed by atoms with E-state index in [-0.39, 0.29) is 17.6 Å². The third-order valence-electron chi connectivity index (χ3n) is 4.76. The highest BCUT2D eigenvalue weighted by Gasteiger charge is 2.40. The summed E-state index contributed by atoms with van der Waals surface area (Å²) in [6.45, 7) is 0.314. The SMILES string of the molecule is CN(Cc1ccccc1F)N1C(=O)C(c2ccccc2)c2ccccc21. The molecule has 130 valence electrons. The zero-order valence-electron chi connectivity index (χ0n) is 14.5. The molecule has 3 aromatic rings. The first-order chi connectivity index (χ1) is 12.7. The van der Waals surface area contributed by atoms with E-state index >= 15 is 0 Å². The van der Waals surface area contributed by atoms with Crippen molar-refractivity contribution in [3.8, 4) is 0 Å². The van der Waals surface area contributed by atoms with E-state index in [1.807, 2.05) is 61.6 Å². The monoisotopic (exact) mass is 346 g/mol. The van der Waals surface area contributed by atoms with Crippen LogP contribution in [0, 0.1) is 5.82 Å². The summed E-state index contributed by atoms with van der Waals surface area (Å²) in [6, 6.07) is 24.2. The van der Waals surface area contributed by atoms with E-state index in [1.54, 1.807) is 28.2 Å². The second kappa shape index (κ2) is 6.73. The molecule has 0 radical (unpaired) electrons. The van der Waals surface area contributed by atoms with Crippen LogP contribution in [0.4, 0.5) is 10.1 Å². The summed E-state index contributed by atoms with van der Waals surface area (Å²) in [7, 11) is 1.81. The van der Waals surface area contributed by atoms with Crippen molar-refractivity contribution >= 4 is 11.6 Å². The van der Waals surface area contributed by atoms with Crippen molar-refractivity contribution in [2.24, 2.45) is 0 Å². The molecule has 0 saturated heterocycles. The molecule has 0 fully saturated rings. The number of amides is 1. The average molecular weight is 346 g/mol. The predicted octanol–water partition coefficient (Wildman–Crippen LogP) is 4.35. The number of hydrogen-bond donors (Lipinski definition) is 0. The van der Waals surface area contributed by atoms with Crippen LogP contribution in [0.1, 0.15) is 22.6 Å². The van der Waals surface area contributed by atoms with E-state index in [1.165, 1.54) is 6.07 Å². The second-order valence-corrected chi connectivity index (χ2v) is 6.46. The molecular formula is C22H19FN2O. The van der Waals surface area contributed by atoms with Gasteiger partial charge < -0.3 is 0 Å². The van der Waals surface area contributed by atoms with Gasteiger partial charge in [0.1, 0.15) is 5.82 Å². The molecular weight excluding hydrogens is 327 g/mol. The summed E-state index contributed by atoms with van der Waals surface area (Å²) >= 11 is 0. The lowest BCUT2D eigenvalue weighted by Crippen LogP contribution is -2.42. The van der Waals surface area contributed by atoms with E-state index in [4.69, 9.17) is 0 Å². The predicted molar refractivity (Wildman–Crippen MR) is 100 cm³/mol. The fourth-order valence-electron chi connectivity index (χ4n) is 3.56. The second-order valence-electron chi connectivity index (χ2n) is 6.46. The molecule has 0 N–H and O–H groups in total. The summed E-state index contributed by atoms with van der Waals surface area (Å²) in [5.74, 6) is -0.620. The first-order valence-electron chi connectivity index (χ1n) is 8.59. The number of rotatable bonds is 4. The molecule has 0 spiro atoms. The van der Waals surface area contributed by atoms with Crippen molar-refractivity contribution in [3.63, 3.8) is 0 Å². The number of halogens is 1. The Morgan fingerprint density at radius 1 is 0.923 bits per heavy atom. The minimum atomic E-state index is -0.338. The number of para-hydroxylation sites is 1. The minimum absolute atomic E-state index is 0.0174. The molecule has 0 saturated carbocycles. The van der Waals surface area contributed by atoms with Gasteiger partial charge in [-0.25, -0.2) is 14.4 Å². The first-order valence-corrected chi connectivity index (χ1v) is 8.59. The highest BCUT2D eigenvalue weighted by molar-refractivity contribution is 6.06. The van der Waals surface area contributed by atoms with Crippen LogP contribution in [0.3, 0.4) is 0 Å². The molecule has 3 nitrogen and oxygen atoms in total. The molecule has 0 aromatic heterocycles. The zero-order chi connectivity index (χ0) is 18.1. The van der Waals surface area contributed by atoms with Crippen LogP contribution in [-0.2, 0) is 11.3 Å². The van der Waals surface area contributed by atoms with Crippen molar-refractivity contribution in [1.82, 2.24) is 5.01 Å². The van der Waals surface area contributed by atoms with Crippen molar-refractivity contribution in [1.29, 1.82) is 0 Å². The Morgan fingerprint density at radius 3 is 2.35 bits per heavy atom. The maximum atomic E-state index is 14.0. The van der Waals surface area contributed by atoms with E-state index in [0.29, 0.717) is 12.1 Å². The Kier molecular flexibility index (Phi) is 4.27. The van der Waals surface area contributed by atoms with Gasteiger partial charge in [0.25, 0.3) is 5.91 Å². The van der Waals surface area contributed by atoms with Crippen molar-refractivity contribution < 1.29 is 9.18 Å². The average Bonchev–Trinajstić information content (AvgIpc) is 2.96. The van der Waals surface area contributed by atoms with Crippen LogP contribution >= 0.6 is 0 Å². The van der Waals surface area contributed by atoms with E-state index in [0.717, 1.165) is 16.8 Å². The van der Waals surface area contributed by atoms with Gasteiger partial charge in [-0.05, 0) is 23.3 Å². The minimum Gasteiger partial charge on any atom is -0.272 e. The van der Waals surface area contributed by atoms with Crippen LogP contribution in [-0.4, -0.2) is 18.0 Å². The van der Waals surface area contributed by atoms with Gasteiger partial charge >= 0.3 is 0 Å². The topological polar surface area (TPSA) is 23.6 Å². The van der Waals surface area contributed by atoms with Crippen molar-refractivity contribution in [2.75, 3.05) is 12.1 Å². The lowest BCUT2D eigenvalue weighted by atomic mass is 9.93. The van der Waals surface area contributed by atoms with Crippen LogP contribution in [0.15, 0.2) is 78.9 Å². The van der Waals surface area contributed by atoms with E-state index < -0.39 is 0 Å². The Morgan fingerprint density at radius 2 is 1.58 bits per heavy atom. The molecule has 0 aliphatic carbocycles. The van der Waals surface area contributed by atoms with Gasteiger partial charge in [0.15, 0.2) is 0 Å². The third-order valence-corrected chi connectivity index (χ3v) is 4.76. The standard InChI is InChI=1S/C22H19FN2O/c1-24(15-17-11-5-7-13-19(17)23)25-20-14-8-6-12-18(20)21(22(25)26)16-9-3-2-4-10-16/h2-14,21H,15H2,1H3. The molecule has 0 bridgehead atoms. The Hall–Kier alpha value is -2.98. The number of carbonyl (C=O) groups excluding carboxylic acids is 1. The van der Waals surface area contributed by atoms with Gasteiger partial charge in [-0.2, -0.15) is 0 Å². The third kappa shape index (κ3) is 2.78. The maximum Gasteiger partial charge on any atom is 0.253 e. The molecule has 1 atom stereocenters. The molecule has 1 amide bonds. The fraction of sp³-hybridized carbons (Fsp3) is 0.136. The zero-order valence-corrected chi connectivity index (χ0v) is 14.5. The van der Waals surface area contributed by atoms with Crippen LogP contribution < -0.4 is 5.01 Å². The van der Waals surface area contributed by atoms with Gasteiger partial charge in [0.2, 0.25) is 0 Å². The summed E-state index contributed by atoms with van der Waals surface area (Å²) in [5.41, 5.74) is 3.35. The Bertz CT molecular complexity index is 942. The Labute approximate surface area is 152 Å². The smallest absolute Gasteiger partial charge is 0.253 e. The lowest BCUT2D eigenvalue weighted by Gasteiger charge is -2.29. The fourth-order valence-corrected chi connectivity index (χ4v) is 3.56. The van der Waals surface area contributed by atoms with E-state index in [2.05, 4.69) is 0 Å². The summed E-state index contributed by atoms with van der Waals surface area (Å²) in [5, 5.41) is 3.45. The van der Waals surface area contributed by atoms with Gasteiger partial charge in [0, 0.05) is 19.2 Å². The lowest BCUT2D eigenvalue weighted by molar-refractivity contribution is -0.121. The van der Waals surface area contributed by atoms with Crippen molar-refractivity contribution in [3.05, 3.63) is 101 Å². The van der Waals surface area contributed by atoms with Crippen LogP contribution in [0.2, 0.25) is 0 Å². The highest BCUT2D eigenvalue weighted by Crippen LogP contribution is 2.41. The number of anilines is 1. The number of hydrazine groups is 1. The molecule has 1 unspecified atom stereocenters. The summed E-state index contributed by atoms with van der Waals surface area (Å²) in [6.07, 6.45) is 0. The van der Waals surface area contributed by atoms with Gasteiger partial charge in [-0.3, -0.25) is 4.79 Å². The highest BCUT2D eigenvalue weighted by atomic mass is 19.1. The molecule has 1 aliphatic heterocycles. The van der Waals surface area contributed by atoms with Crippen LogP contribution in [0.25, 0.3) is 0 Å². The van der Waals surface area contributed by atoms with Gasteiger partial charge in [0.05, 0.1) is 11.6 Å². The largest absolute Gasteiger partial charge is 0.272 e. The molecule has 1 aliphatic rings. The maximum absolute atomic E-state index is 14.0. The van der Waals surface area contributed by atoms with Gasteiger partial charge in [-0.15, -0.1) is 0 Å². The molecule has 4 rings (SSSR count). The molecule has 1 heterocycles. The quantitative estimate of drug-likeness (QED) is 0.701. The molecule has 26 heavy (non-hydrogen) atoms. The number of hydrogen-bond acceptors (Lipinski definition) is 2. The number of fused-ring (bicyclic) bond motifs is 1. The van der Waals surface area contributed by atoms with Gasteiger partial charge in [-0.1, -0.05) is 66.7 Å². The van der Waals surface area contributed by atoms with Crippen molar-refractivity contribution in [2.45, 2.75) is 12.5 Å². The summed E-state index contributed by atoms with van der Waals surface area (Å²) < 4.78 is 14.0. The molecule has 4 heteroatoms. The van der Waals surface area contributed by atoms with Crippen LogP contribution in [0.5, 0.6) is 0 Å². The normalized spacial score (nSPS) is 16.2. The first kappa shape index (κ1) is 16.5. The number of carbonyl (C=O) groups is 1. The Balaban J connectivity index is 1.71. The van der Waals surface area contributed by atoms with E-state index in [9.17, 15) is 9.18 Å². The summed E-state index contributed by atoms with van der Waals surface area (Å²) in [4.78, 5) is 13.3. The number of benzene rings is 3. The molecule has 3 aromatic carbocycles. The number of nitrogens with zero attached hydrogens (tertiary/aromatic N) is 2.